The minimum atomic E-state index is -0.372. The number of hydrogen-bond acceptors (Lipinski definition) is 4. The average Bonchev–Trinajstić information content (AvgIpc) is 2.42. The van der Waals surface area contributed by atoms with Gasteiger partial charge in [-0.3, -0.25) is 9.59 Å². The number of ketones is 1. The van der Waals surface area contributed by atoms with Crippen LogP contribution in [0.1, 0.15) is 50.5 Å². The molecule has 0 spiro atoms. The molecule has 0 fully saturated rings. The molecule has 0 radical (unpaired) electrons. The molecule has 0 N–H and O–H groups in total. The maximum Gasteiger partial charge on any atom is 0.323 e. The number of benzene rings is 1. The number of rotatable bonds is 6. The minimum absolute atomic E-state index is 0.0844. The van der Waals surface area contributed by atoms with Crippen LogP contribution < -0.4 is 0 Å². The lowest BCUT2D eigenvalue weighted by Crippen LogP contribution is -2.14. The molecule has 0 aromatic heterocycles. The first-order valence-electron chi connectivity index (χ1n) is 7.05. The fourth-order valence-electron chi connectivity index (χ4n) is 1.89. The van der Waals surface area contributed by atoms with E-state index in [2.05, 4.69) is 32.9 Å². The number of hydrogen-bond donors (Lipinski definition) is 0. The van der Waals surface area contributed by atoms with Crippen LogP contribution in [0.3, 0.4) is 0 Å². The predicted molar refractivity (Wildman–Crippen MR) is 87.7 cm³/mol. The minimum Gasteiger partial charge on any atom is -0.468 e. The van der Waals surface area contributed by atoms with Gasteiger partial charge in [0, 0.05) is 12.2 Å². The fourth-order valence-corrected chi connectivity index (χ4v) is 3.11. The van der Waals surface area contributed by atoms with Gasteiger partial charge >= 0.3 is 5.97 Å². The molecule has 0 aliphatic carbocycles. The third-order valence-corrected chi connectivity index (χ3v) is 4.47. The van der Waals surface area contributed by atoms with Gasteiger partial charge in [0.15, 0.2) is 0 Å². The number of thioether (sulfide) groups is 1. The van der Waals surface area contributed by atoms with E-state index in [1.165, 1.54) is 24.4 Å². The summed E-state index contributed by atoms with van der Waals surface area (Å²) in [5.41, 5.74) is 2.23. The molecular weight excluding hydrogens is 284 g/mol. The SMILES string of the molecule is COC(=O)C(SCCC(C)=O)c1ccc(C(C)(C)C)cc1. The zero-order chi connectivity index (χ0) is 16.0. The van der Waals surface area contributed by atoms with Gasteiger partial charge in [-0.25, -0.2) is 0 Å². The van der Waals surface area contributed by atoms with E-state index >= 15 is 0 Å². The van der Waals surface area contributed by atoms with Crippen LogP contribution in [0.2, 0.25) is 0 Å². The van der Waals surface area contributed by atoms with E-state index < -0.39 is 0 Å². The molecular formula is C17H24O3S. The van der Waals surface area contributed by atoms with Gasteiger partial charge in [0.2, 0.25) is 0 Å². The molecule has 0 bridgehead atoms. The summed E-state index contributed by atoms with van der Waals surface area (Å²) in [5, 5.41) is -0.372. The Balaban J connectivity index is 2.88. The van der Waals surface area contributed by atoms with E-state index in [1.54, 1.807) is 6.92 Å². The second kappa shape index (κ2) is 7.64. The van der Waals surface area contributed by atoms with Crippen molar-refractivity contribution in [2.24, 2.45) is 0 Å². The van der Waals surface area contributed by atoms with Crippen LogP contribution in [0.5, 0.6) is 0 Å². The summed E-state index contributed by atoms with van der Waals surface area (Å²) in [7, 11) is 1.39. The summed E-state index contributed by atoms with van der Waals surface area (Å²) < 4.78 is 4.88. The first kappa shape index (κ1) is 17.8. The largest absolute Gasteiger partial charge is 0.468 e. The van der Waals surface area contributed by atoms with Crippen LogP contribution >= 0.6 is 11.8 Å². The Morgan fingerprint density at radius 2 is 1.76 bits per heavy atom. The Morgan fingerprint density at radius 1 is 1.19 bits per heavy atom. The van der Waals surface area contributed by atoms with Crippen LogP contribution in [0.15, 0.2) is 24.3 Å². The summed E-state index contributed by atoms with van der Waals surface area (Å²) in [6, 6.07) is 8.06. The molecule has 21 heavy (non-hydrogen) atoms. The third-order valence-electron chi connectivity index (χ3n) is 3.23. The lowest BCUT2D eigenvalue weighted by Gasteiger charge is -2.20. The molecule has 4 heteroatoms. The zero-order valence-electron chi connectivity index (χ0n) is 13.4. The second-order valence-electron chi connectivity index (χ2n) is 6.10. The maximum atomic E-state index is 11.9. The highest BCUT2D eigenvalue weighted by Crippen LogP contribution is 2.32. The normalized spacial score (nSPS) is 12.8. The molecule has 1 rings (SSSR count). The average molecular weight is 308 g/mol. The topological polar surface area (TPSA) is 43.4 Å². The summed E-state index contributed by atoms with van der Waals surface area (Å²) in [5.74, 6) is 0.483. The highest BCUT2D eigenvalue weighted by molar-refractivity contribution is 8.00. The first-order valence-corrected chi connectivity index (χ1v) is 8.10. The van der Waals surface area contributed by atoms with Gasteiger partial charge in [-0.2, -0.15) is 0 Å². The maximum absolute atomic E-state index is 11.9. The third kappa shape index (κ3) is 5.54. The summed E-state index contributed by atoms with van der Waals surface area (Å²) in [6.07, 6.45) is 0.470. The van der Waals surface area contributed by atoms with Gasteiger partial charge in [0.25, 0.3) is 0 Å². The van der Waals surface area contributed by atoms with Crippen molar-refractivity contribution in [3.8, 4) is 0 Å². The quantitative estimate of drug-likeness (QED) is 0.747. The molecule has 0 saturated heterocycles. The van der Waals surface area contributed by atoms with E-state index in [-0.39, 0.29) is 22.4 Å². The Hall–Kier alpha value is -1.29. The Bertz CT molecular complexity index is 486. The Labute approximate surface area is 131 Å². The molecule has 1 unspecified atom stereocenters. The Kier molecular flexibility index (Phi) is 6.46. The van der Waals surface area contributed by atoms with Crippen molar-refractivity contribution < 1.29 is 14.3 Å². The molecule has 1 atom stereocenters. The summed E-state index contributed by atoms with van der Waals surface area (Å²) in [4.78, 5) is 23.0. The lowest BCUT2D eigenvalue weighted by atomic mass is 9.86. The van der Waals surface area contributed by atoms with E-state index in [9.17, 15) is 9.59 Å². The van der Waals surface area contributed by atoms with E-state index in [4.69, 9.17) is 4.74 Å². The van der Waals surface area contributed by atoms with Crippen molar-refractivity contribution >= 4 is 23.5 Å². The van der Waals surface area contributed by atoms with Crippen molar-refractivity contribution in [1.29, 1.82) is 0 Å². The van der Waals surface area contributed by atoms with Gasteiger partial charge in [-0.05, 0) is 23.5 Å². The zero-order valence-corrected chi connectivity index (χ0v) is 14.3. The van der Waals surface area contributed by atoms with Crippen LogP contribution in [0.4, 0.5) is 0 Å². The molecule has 0 aliphatic heterocycles. The molecule has 116 valence electrons. The molecule has 0 saturated carbocycles. The number of carbonyl (C=O) groups excluding carboxylic acids is 2. The van der Waals surface area contributed by atoms with Crippen LogP contribution in [-0.2, 0) is 19.7 Å². The number of methoxy groups -OCH3 is 1. The smallest absolute Gasteiger partial charge is 0.323 e. The van der Waals surface area contributed by atoms with Crippen LogP contribution in [-0.4, -0.2) is 24.6 Å². The van der Waals surface area contributed by atoms with Gasteiger partial charge < -0.3 is 4.74 Å². The predicted octanol–water partition coefficient (Wildman–Crippen LogP) is 3.91. The standard InChI is InChI=1S/C17H24O3S/c1-12(18)10-11-21-15(16(19)20-5)13-6-8-14(9-7-13)17(2,3)4/h6-9,15H,10-11H2,1-5H3. The highest BCUT2D eigenvalue weighted by atomic mass is 32.2. The van der Waals surface area contributed by atoms with Crippen molar-refractivity contribution in [1.82, 2.24) is 0 Å². The molecule has 3 nitrogen and oxygen atoms in total. The van der Waals surface area contributed by atoms with Gasteiger partial charge in [-0.1, -0.05) is 45.0 Å². The highest BCUT2D eigenvalue weighted by Gasteiger charge is 2.23. The number of Topliss-reactive ketones (excluding diaryl/α,β-unsaturated/α-hetero) is 1. The Morgan fingerprint density at radius 3 is 2.19 bits per heavy atom. The summed E-state index contributed by atoms with van der Waals surface area (Å²) >= 11 is 1.45. The second-order valence-corrected chi connectivity index (χ2v) is 7.31. The fraction of sp³-hybridized carbons (Fsp3) is 0.529. The van der Waals surface area contributed by atoms with Crippen molar-refractivity contribution in [3.05, 3.63) is 35.4 Å². The number of carbonyl (C=O) groups is 2. The molecule has 0 aliphatic rings. The number of esters is 1. The molecule has 1 aromatic carbocycles. The van der Waals surface area contributed by atoms with E-state index in [1.807, 2.05) is 12.1 Å². The van der Waals surface area contributed by atoms with Crippen molar-refractivity contribution in [3.63, 3.8) is 0 Å². The van der Waals surface area contributed by atoms with Crippen molar-refractivity contribution in [2.75, 3.05) is 12.9 Å². The first-order chi connectivity index (χ1) is 9.75. The van der Waals surface area contributed by atoms with Gasteiger partial charge in [-0.15, -0.1) is 11.8 Å². The molecule has 0 amide bonds. The molecule has 0 heterocycles. The van der Waals surface area contributed by atoms with Gasteiger partial charge in [0.05, 0.1) is 7.11 Å². The van der Waals surface area contributed by atoms with E-state index in [0.29, 0.717) is 12.2 Å². The lowest BCUT2D eigenvalue weighted by molar-refractivity contribution is -0.140. The molecule has 1 aromatic rings. The van der Waals surface area contributed by atoms with E-state index in [0.717, 1.165) is 5.56 Å². The number of ether oxygens (including phenoxy) is 1. The van der Waals surface area contributed by atoms with Crippen molar-refractivity contribution in [2.45, 2.75) is 44.8 Å². The summed E-state index contributed by atoms with van der Waals surface area (Å²) in [6.45, 7) is 8.02. The monoisotopic (exact) mass is 308 g/mol. The van der Waals surface area contributed by atoms with Crippen LogP contribution in [0.25, 0.3) is 0 Å². The van der Waals surface area contributed by atoms with Crippen LogP contribution in [0, 0.1) is 0 Å². The van der Waals surface area contributed by atoms with Gasteiger partial charge in [0.1, 0.15) is 11.0 Å².